The summed E-state index contributed by atoms with van der Waals surface area (Å²) in [6, 6.07) is 14.0. The summed E-state index contributed by atoms with van der Waals surface area (Å²) >= 11 is 0. The van der Waals surface area contributed by atoms with E-state index >= 15 is 0 Å². The number of aryl methyl sites for hydroxylation is 1. The zero-order valence-corrected chi connectivity index (χ0v) is 16.2. The molecule has 0 aromatic heterocycles. The first-order valence-electron chi connectivity index (χ1n) is 8.42. The van der Waals surface area contributed by atoms with Crippen LogP contribution in [0.2, 0.25) is 0 Å². The van der Waals surface area contributed by atoms with E-state index in [-0.39, 0.29) is 4.90 Å². The predicted molar refractivity (Wildman–Crippen MR) is 100 cm³/mol. The molecule has 0 saturated heterocycles. The first-order valence-corrected chi connectivity index (χ1v) is 9.86. The van der Waals surface area contributed by atoms with Crippen LogP contribution in [0.25, 0.3) is 0 Å². The van der Waals surface area contributed by atoms with Gasteiger partial charge in [-0.05, 0) is 50.6 Å². The monoisotopic (exact) mass is 373 g/mol. The highest BCUT2D eigenvalue weighted by atomic mass is 32.2. The summed E-state index contributed by atoms with van der Waals surface area (Å²) in [6.45, 7) is 5.53. The molecule has 0 radical (unpaired) electrons. The van der Waals surface area contributed by atoms with Gasteiger partial charge in [-0.2, -0.15) is 0 Å². The van der Waals surface area contributed by atoms with Crippen LogP contribution in [0.3, 0.4) is 0 Å². The van der Waals surface area contributed by atoms with Gasteiger partial charge >= 0.3 is 0 Å². The molecule has 6 heteroatoms. The van der Waals surface area contributed by atoms with Gasteiger partial charge in [0, 0.05) is 0 Å². The van der Waals surface area contributed by atoms with Crippen LogP contribution >= 0.6 is 0 Å². The molecule has 0 bridgehead atoms. The Morgan fingerprint density at radius 3 is 2.42 bits per heavy atom. The van der Waals surface area contributed by atoms with E-state index in [9.17, 15) is 8.42 Å². The third-order valence-electron chi connectivity index (χ3n) is 4.48. The molecule has 2 atom stereocenters. The van der Waals surface area contributed by atoms with Crippen molar-refractivity contribution in [2.45, 2.75) is 37.8 Å². The normalized spacial score (nSPS) is 20.3. The summed E-state index contributed by atoms with van der Waals surface area (Å²) in [5, 5.41) is 0. The van der Waals surface area contributed by atoms with E-state index < -0.39 is 22.2 Å². The van der Waals surface area contributed by atoms with Gasteiger partial charge in [-0.25, -0.2) is 8.42 Å². The number of rotatable bonds is 4. The number of sulfonamides is 1. The van der Waals surface area contributed by atoms with Gasteiger partial charge in [-0.1, -0.05) is 29.8 Å². The highest BCUT2D eigenvalue weighted by Gasteiger charge is 2.37. The van der Waals surface area contributed by atoms with Crippen molar-refractivity contribution in [3.8, 4) is 5.75 Å². The molecule has 0 spiro atoms. The van der Waals surface area contributed by atoms with Gasteiger partial charge in [0.05, 0.1) is 24.2 Å². The molecule has 26 heavy (non-hydrogen) atoms. The Morgan fingerprint density at radius 1 is 1.08 bits per heavy atom. The molecular formula is C20H23NO4S. The lowest BCUT2D eigenvalue weighted by Gasteiger charge is -2.38. The maximum Gasteiger partial charge on any atom is 0.264 e. The smallest absolute Gasteiger partial charge is 0.264 e. The fraction of sp³-hybridized carbons (Fsp3) is 0.300. The second kappa shape index (κ2) is 7.03. The summed E-state index contributed by atoms with van der Waals surface area (Å²) in [5.74, 6) is 1.25. The molecule has 5 nitrogen and oxygen atoms in total. The zero-order valence-electron chi connectivity index (χ0n) is 15.3. The van der Waals surface area contributed by atoms with Crippen LogP contribution in [0.1, 0.15) is 31.1 Å². The van der Waals surface area contributed by atoms with Crippen LogP contribution in [-0.2, 0) is 14.8 Å². The highest BCUT2D eigenvalue weighted by molar-refractivity contribution is 7.89. The van der Waals surface area contributed by atoms with Gasteiger partial charge in [-0.15, -0.1) is 0 Å². The number of benzene rings is 2. The zero-order chi connectivity index (χ0) is 18.9. The van der Waals surface area contributed by atoms with E-state index in [1.807, 2.05) is 38.1 Å². The summed E-state index contributed by atoms with van der Waals surface area (Å²) in [4.78, 5) is 0.269. The number of methoxy groups -OCH3 is 1. The van der Waals surface area contributed by atoms with Crippen molar-refractivity contribution in [1.82, 2.24) is 4.31 Å². The second-order valence-electron chi connectivity index (χ2n) is 6.44. The van der Waals surface area contributed by atoms with Gasteiger partial charge in [0.1, 0.15) is 17.6 Å². The van der Waals surface area contributed by atoms with E-state index in [1.165, 1.54) is 4.31 Å². The molecule has 0 unspecified atom stereocenters. The minimum absolute atomic E-state index is 0.269. The Bertz CT molecular complexity index is 919. The molecule has 1 aliphatic rings. The molecule has 138 valence electrons. The Kier molecular flexibility index (Phi) is 4.96. The molecule has 2 aromatic rings. The predicted octanol–water partition coefficient (Wildman–Crippen LogP) is 4.02. The molecule has 0 saturated carbocycles. The lowest BCUT2D eigenvalue weighted by molar-refractivity contribution is 0.0453. The average molecular weight is 373 g/mol. The van der Waals surface area contributed by atoms with Crippen LogP contribution in [0, 0.1) is 6.92 Å². The third kappa shape index (κ3) is 3.42. The standard InChI is InChI=1S/C20H23NO4S/c1-14-8-10-19(11-9-14)26(22,23)21-13-15(2)25-20(16(21)3)17-6-5-7-18(12-17)24-4/h5-13,16,20H,1-4H3/t16-,20-/m1/s1. The molecular weight excluding hydrogens is 350 g/mol. The molecule has 0 amide bonds. The van der Waals surface area contributed by atoms with Gasteiger partial charge in [-0.3, -0.25) is 4.31 Å². The van der Waals surface area contributed by atoms with Gasteiger partial charge < -0.3 is 9.47 Å². The Morgan fingerprint density at radius 2 is 1.77 bits per heavy atom. The third-order valence-corrected chi connectivity index (χ3v) is 6.34. The number of nitrogens with zero attached hydrogens (tertiary/aromatic N) is 1. The summed E-state index contributed by atoms with van der Waals surface area (Å²) in [7, 11) is -2.07. The lowest BCUT2D eigenvalue weighted by atomic mass is 10.0. The summed E-state index contributed by atoms with van der Waals surface area (Å²) < 4.78 is 38.9. The van der Waals surface area contributed by atoms with Crippen molar-refractivity contribution < 1.29 is 17.9 Å². The van der Waals surface area contributed by atoms with E-state index in [0.29, 0.717) is 11.5 Å². The molecule has 0 N–H and O–H groups in total. The molecule has 0 fully saturated rings. The summed E-state index contributed by atoms with van der Waals surface area (Å²) in [6.07, 6.45) is 1.13. The molecule has 1 aliphatic heterocycles. The Hall–Kier alpha value is -2.47. The van der Waals surface area contributed by atoms with Crippen molar-refractivity contribution in [1.29, 1.82) is 0 Å². The minimum atomic E-state index is -3.67. The highest BCUT2D eigenvalue weighted by Crippen LogP contribution is 2.36. The fourth-order valence-corrected chi connectivity index (χ4v) is 4.60. The first-order chi connectivity index (χ1) is 12.3. The quantitative estimate of drug-likeness (QED) is 0.812. The number of hydrogen-bond donors (Lipinski definition) is 0. The number of hydrogen-bond acceptors (Lipinski definition) is 4. The molecule has 3 rings (SSSR count). The second-order valence-corrected chi connectivity index (χ2v) is 8.29. The van der Waals surface area contributed by atoms with E-state index in [4.69, 9.17) is 9.47 Å². The van der Waals surface area contributed by atoms with E-state index in [2.05, 4.69) is 0 Å². The molecule has 2 aromatic carbocycles. The van der Waals surface area contributed by atoms with E-state index in [0.717, 1.165) is 11.1 Å². The fourth-order valence-electron chi connectivity index (χ4n) is 3.04. The van der Waals surface area contributed by atoms with Crippen molar-refractivity contribution >= 4 is 10.0 Å². The average Bonchev–Trinajstić information content (AvgIpc) is 2.63. The van der Waals surface area contributed by atoms with Gasteiger partial charge in [0.15, 0.2) is 0 Å². The van der Waals surface area contributed by atoms with E-state index in [1.54, 1.807) is 44.5 Å². The Balaban J connectivity index is 2.00. The SMILES string of the molecule is COc1cccc([C@@H]2OC(C)=CN(S(=O)(=O)c3ccc(C)cc3)[C@@H]2C)c1. The van der Waals surface area contributed by atoms with Crippen molar-refractivity contribution in [3.05, 3.63) is 71.6 Å². The van der Waals surface area contributed by atoms with Gasteiger partial charge in [0.2, 0.25) is 0 Å². The van der Waals surface area contributed by atoms with Crippen LogP contribution in [0.15, 0.2) is 65.4 Å². The van der Waals surface area contributed by atoms with Crippen LogP contribution in [0.4, 0.5) is 0 Å². The largest absolute Gasteiger partial charge is 0.497 e. The maximum absolute atomic E-state index is 13.2. The number of ether oxygens (including phenoxy) is 2. The topological polar surface area (TPSA) is 55.8 Å². The van der Waals surface area contributed by atoms with Crippen molar-refractivity contribution in [2.24, 2.45) is 0 Å². The number of allylic oxidation sites excluding steroid dienone is 1. The Labute approximate surface area is 154 Å². The van der Waals surface area contributed by atoms with Gasteiger partial charge in [0.25, 0.3) is 10.0 Å². The summed E-state index contributed by atoms with van der Waals surface area (Å²) in [5.41, 5.74) is 1.88. The van der Waals surface area contributed by atoms with Crippen LogP contribution in [0.5, 0.6) is 5.75 Å². The molecule has 1 heterocycles. The first kappa shape index (κ1) is 18.3. The van der Waals surface area contributed by atoms with Crippen LogP contribution in [-0.4, -0.2) is 25.9 Å². The molecule has 0 aliphatic carbocycles. The maximum atomic E-state index is 13.2. The minimum Gasteiger partial charge on any atom is -0.497 e. The van der Waals surface area contributed by atoms with Crippen molar-refractivity contribution in [2.75, 3.05) is 7.11 Å². The van der Waals surface area contributed by atoms with Crippen molar-refractivity contribution in [3.63, 3.8) is 0 Å². The van der Waals surface area contributed by atoms with Crippen LogP contribution < -0.4 is 4.74 Å². The lowest BCUT2D eigenvalue weighted by Crippen LogP contribution is -2.42.